The molecule has 0 aromatic carbocycles. The van der Waals surface area contributed by atoms with Crippen LogP contribution in [0.2, 0.25) is 0 Å². The Bertz CT molecular complexity index is 336. The van der Waals surface area contributed by atoms with Crippen LogP contribution in [-0.4, -0.2) is 24.0 Å². The fourth-order valence-electron chi connectivity index (χ4n) is 1.34. The number of hydrogen-bond donors (Lipinski definition) is 2. The number of aromatic nitrogens is 1. The van der Waals surface area contributed by atoms with Crippen molar-refractivity contribution >= 4 is 5.91 Å². The molecule has 0 saturated carbocycles. The van der Waals surface area contributed by atoms with Crippen molar-refractivity contribution in [1.29, 1.82) is 0 Å². The maximum atomic E-state index is 11.3. The zero-order valence-electron chi connectivity index (χ0n) is 10.6. The van der Waals surface area contributed by atoms with Gasteiger partial charge in [-0.2, -0.15) is 0 Å². The second-order valence-corrected chi connectivity index (χ2v) is 3.88. The molecule has 5 heteroatoms. The lowest BCUT2D eigenvalue weighted by Gasteiger charge is -2.04. The number of carbonyl (C=O) groups is 1. The molecular formula is C12H21N3O2. The molecule has 1 rings (SSSR count). The summed E-state index contributed by atoms with van der Waals surface area (Å²) in [5, 5.41) is 5.83. The number of nitrogens with one attached hydrogen (secondary N) is 2. The second-order valence-electron chi connectivity index (χ2n) is 3.88. The maximum Gasteiger partial charge on any atom is 0.233 e. The first-order chi connectivity index (χ1) is 8.26. The van der Waals surface area contributed by atoms with E-state index in [2.05, 4.69) is 22.5 Å². The highest BCUT2D eigenvalue weighted by atomic mass is 16.4. The Labute approximate surface area is 102 Å². The van der Waals surface area contributed by atoms with E-state index in [0.29, 0.717) is 19.0 Å². The number of nitrogens with zero attached hydrogens (tertiary/aromatic N) is 1. The van der Waals surface area contributed by atoms with Crippen LogP contribution in [0.4, 0.5) is 0 Å². The van der Waals surface area contributed by atoms with Crippen molar-refractivity contribution in [3.8, 4) is 0 Å². The molecule has 0 aliphatic rings. The maximum absolute atomic E-state index is 11.3. The number of oxazole rings is 1. The van der Waals surface area contributed by atoms with Gasteiger partial charge in [0.2, 0.25) is 11.8 Å². The highest BCUT2D eigenvalue weighted by Gasteiger charge is 2.03. The smallest absolute Gasteiger partial charge is 0.233 e. The van der Waals surface area contributed by atoms with Crippen molar-refractivity contribution in [3.05, 3.63) is 17.8 Å². The molecule has 1 aromatic rings. The fraction of sp³-hybridized carbons (Fsp3) is 0.667. The van der Waals surface area contributed by atoms with Gasteiger partial charge >= 0.3 is 0 Å². The zero-order valence-corrected chi connectivity index (χ0v) is 10.6. The van der Waals surface area contributed by atoms with Gasteiger partial charge in [-0.1, -0.05) is 20.3 Å². The summed E-state index contributed by atoms with van der Waals surface area (Å²) in [5.41, 5.74) is 0. The van der Waals surface area contributed by atoms with E-state index in [1.54, 1.807) is 6.20 Å². The van der Waals surface area contributed by atoms with Gasteiger partial charge in [0.05, 0.1) is 19.3 Å². The minimum atomic E-state index is 0.0146. The SMILES string of the molecule is CCCCNC(=O)CNCc1ncc(CC)o1. The summed E-state index contributed by atoms with van der Waals surface area (Å²) in [7, 11) is 0. The number of aryl methyl sites for hydroxylation is 1. The molecule has 1 heterocycles. The van der Waals surface area contributed by atoms with Crippen molar-refractivity contribution in [2.24, 2.45) is 0 Å². The summed E-state index contributed by atoms with van der Waals surface area (Å²) in [4.78, 5) is 15.4. The average molecular weight is 239 g/mol. The normalized spacial score (nSPS) is 10.5. The van der Waals surface area contributed by atoms with Crippen LogP contribution < -0.4 is 10.6 Å². The lowest BCUT2D eigenvalue weighted by molar-refractivity contribution is -0.120. The van der Waals surface area contributed by atoms with Crippen LogP contribution in [0.25, 0.3) is 0 Å². The molecule has 17 heavy (non-hydrogen) atoms. The van der Waals surface area contributed by atoms with Crippen LogP contribution in [0.3, 0.4) is 0 Å². The lowest BCUT2D eigenvalue weighted by Crippen LogP contribution is -2.34. The van der Waals surface area contributed by atoms with Crippen molar-refractivity contribution in [3.63, 3.8) is 0 Å². The van der Waals surface area contributed by atoms with E-state index in [4.69, 9.17) is 4.42 Å². The molecule has 0 spiro atoms. The number of rotatable bonds is 8. The average Bonchev–Trinajstić information content (AvgIpc) is 2.77. The van der Waals surface area contributed by atoms with Gasteiger partial charge in [0.15, 0.2) is 0 Å². The molecule has 0 atom stereocenters. The predicted octanol–water partition coefficient (Wildman–Crippen LogP) is 1.24. The minimum absolute atomic E-state index is 0.0146. The van der Waals surface area contributed by atoms with Gasteiger partial charge in [0.1, 0.15) is 5.76 Å². The fourth-order valence-corrected chi connectivity index (χ4v) is 1.34. The molecule has 0 fully saturated rings. The third-order valence-corrected chi connectivity index (χ3v) is 2.36. The number of carbonyl (C=O) groups excluding carboxylic acids is 1. The molecule has 1 aromatic heterocycles. The number of unbranched alkanes of at least 4 members (excludes halogenated alkanes) is 1. The third-order valence-electron chi connectivity index (χ3n) is 2.36. The van der Waals surface area contributed by atoms with E-state index < -0.39 is 0 Å². The molecule has 2 N–H and O–H groups in total. The first-order valence-electron chi connectivity index (χ1n) is 6.17. The van der Waals surface area contributed by atoms with Gasteiger partial charge in [-0.05, 0) is 6.42 Å². The monoisotopic (exact) mass is 239 g/mol. The van der Waals surface area contributed by atoms with Crippen LogP contribution >= 0.6 is 0 Å². The van der Waals surface area contributed by atoms with Gasteiger partial charge in [0, 0.05) is 13.0 Å². The Morgan fingerprint density at radius 1 is 1.47 bits per heavy atom. The Kier molecular flexibility index (Phi) is 6.32. The first kappa shape index (κ1) is 13.7. The Hall–Kier alpha value is -1.36. The van der Waals surface area contributed by atoms with Gasteiger partial charge in [-0.15, -0.1) is 0 Å². The summed E-state index contributed by atoms with van der Waals surface area (Å²) in [6.45, 7) is 5.64. The zero-order chi connectivity index (χ0) is 12.5. The standard InChI is InChI=1S/C12H21N3O2/c1-3-5-6-14-11(16)8-13-9-12-15-7-10(4-2)17-12/h7,13H,3-6,8-9H2,1-2H3,(H,14,16). The number of hydrogen-bond acceptors (Lipinski definition) is 4. The molecule has 96 valence electrons. The first-order valence-corrected chi connectivity index (χ1v) is 6.17. The van der Waals surface area contributed by atoms with Gasteiger partial charge in [0.25, 0.3) is 0 Å². The van der Waals surface area contributed by atoms with E-state index in [9.17, 15) is 4.79 Å². The molecule has 0 aliphatic heterocycles. The largest absolute Gasteiger partial charge is 0.444 e. The van der Waals surface area contributed by atoms with E-state index in [0.717, 1.165) is 31.6 Å². The Balaban J connectivity index is 2.12. The van der Waals surface area contributed by atoms with E-state index >= 15 is 0 Å². The number of amides is 1. The molecule has 0 bridgehead atoms. The highest BCUT2D eigenvalue weighted by Crippen LogP contribution is 2.03. The minimum Gasteiger partial charge on any atom is -0.444 e. The van der Waals surface area contributed by atoms with Gasteiger partial charge in [-0.3, -0.25) is 10.1 Å². The van der Waals surface area contributed by atoms with Crippen LogP contribution in [-0.2, 0) is 17.8 Å². The van der Waals surface area contributed by atoms with Crippen molar-refractivity contribution in [1.82, 2.24) is 15.6 Å². The quantitative estimate of drug-likeness (QED) is 0.670. The summed E-state index contributed by atoms with van der Waals surface area (Å²) in [5.74, 6) is 1.51. The molecule has 0 unspecified atom stereocenters. The lowest BCUT2D eigenvalue weighted by atomic mass is 10.3. The Morgan fingerprint density at radius 2 is 2.29 bits per heavy atom. The van der Waals surface area contributed by atoms with Gasteiger partial charge in [-0.25, -0.2) is 4.98 Å². The van der Waals surface area contributed by atoms with Gasteiger partial charge < -0.3 is 9.73 Å². The Morgan fingerprint density at radius 3 is 2.94 bits per heavy atom. The summed E-state index contributed by atoms with van der Waals surface area (Å²) in [6, 6.07) is 0. The van der Waals surface area contributed by atoms with Crippen LogP contribution in [0.15, 0.2) is 10.6 Å². The van der Waals surface area contributed by atoms with Crippen molar-refractivity contribution in [2.45, 2.75) is 39.7 Å². The third kappa shape index (κ3) is 5.49. The molecule has 0 saturated heterocycles. The van der Waals surface area contributed by atoms with Crippen LogP contribution in [0, 0.1) is 0 Å². The van der Waals surface area contributed by atoms with Crippen molar-refractivity contribution in [2.75, 3.05) is 13.1 Å². The van der Waals surface area contributed by atoms with Crippen LogP contribution in [0.1, 0.15) is 38.3 Å². The van der Waals surface area contributed by atoms with E-state index in [1.165, 1.54) is 0 Å². The van der Waals surface area contributed by atoms with Crippen molar-refractivity contribution < 1.29 is 9.21 Å². The summed E-state index contributed by atoms with van der Waals surface area (Å²) < 4.78 is 5.41. The molecule has 0 aliphatic carbocycles. The highest BCUT2D eigenvalue weighted by molar-refractivity contribution is 5.77. The summed E-state index contributed by atoms with van der Waals surface area (Å²) in [6.07, 6.45) is 4.66. The molecular weight excluding hydrogens is 218 g/mol. The van der Waals surface area contributed by atoms with Crippen LogP contribution in [0.5, 0.6) is 0 Å². The second kappa shape index (κ2) is 7.84. The van der Waals surface area contributed by atoms with E-state index in [-0.39, 0.29) is 5.91 Å². The predicted molar refractivity (Wildman–Crippen MR) is 65.5 cm³/mol. The summed E-state index contributed by atoms with van der Waals surface area (Å²) >= 11 is 0. The molecule has 0 radical (unpaired) electrons. The molecule has 5 nitrogen and oxygen atoms in total. The molecule has 1 amide bonds. The van der Waals surface area contributed by atoms with E-state index in [1.807, 2.05) is 6.92 Å². The topological polar surface area (TPSA) is 67.2 Å².